The van der Waals surface area contributed by atoms with Gasteiger partial charge in [0.25, 0.3) is 5.91 Å². The van der Waals surface area contributed by atoms with Gasteiger partial charge in [0.1, 0.15) is 0 Å². The molecule has 1 aliphatic heterocycles. The smallest absolute Gasteiger partial charge is 0.264 e. The highest BCUT2D eigenvalue weighted by Crippen LogP contribution is 2.45. The molecule has 0 radical (unpaired) electrons. The number of rotatable bonds is 5. The van der Waals surface area contributed by atoms with Crippen molar-refractivity contribution in [1.29, 1.82) is 0 Å². The molecular formula is C27H26BrNO3. The molecule has 1 heterocycles. The number of aliphatic hydroxyl groups is 1. The number of fused-ring (bicyclic) bond motifs is 1. The number of aryl methyl sites for hydroxylation is 4. The number of carbonyl (C=O) groups is 2. The summed E-state index contributed by atoms with van der Waals surface area (Å²) in [5, 5.41) is 11.7. The summed E-state index contributed by atoms with van der Waals surface area (Å²) in [5.41, 5.74) is 4.75. The van der Waals surface area contributed by atoms with Crippen LogP contribution in [0.3, 0.4) is 0 Å². The van der Waals surface area contributed by atoms with E-state index in [-0.39, 0.29) is 12.2 Å². The number of anilines is 1. The maximum Gasteiger partial charge on any atom is 0.264 e. The van der Waals surface area contributed by atoms with Gasteiger partial charge in [0.2, 0.25) is 0 Å². The van der Waals surface area contributed by atoms with Gasteiger partial charge in [-0.25, -0.2) is 0 Å². The molecule has 1 N–H and O–H groups in total. The van der Waals surface area contributed by atoms with Crippen molar-refractivity contribution in [2.24, 2.45) is 0 Å². The van der Waals surface area contributed by atoms with Crippen molar-refractivity contribution in [1.82, 2.24) is 0 Å². The topological polar surface area (TPSA) is 57.6 Å². The number of carbonyl (C=O) groups excluding carboxylic acids is 2. The Morgan fingerprint density at radius 3 is 2.34 bits per heavy atom. The minimum absolute atomic E-state index is 0.249. The van der Waals surface area contributed by atoms with E-state index < -0.39 is 11.5 Å². The second kappa shape index (κ2) is 8.30. The van der Waals surface area contributed by atoms with Crippen LogP contribution >= 0.6 is 15.9 Å². The average molecular weight is 492 g/mol. The van der Waals surface area contributed by atoms with Gasteiger partial charge in [-0.1, -0.05) is 57.4 Å². The van der Waals surface area contributed by atoms with E-state index in [4.69, 9.17) is 0 Å². The quantitative estimate of drug-likeness (QED) is 0.466. The highest BCUT2D eigenvalue weighted by Gasteiger charge is 2.51. The minimum Gasteiger partial charge on any atom is -0.375 e. The molecule has 4 nitrogen and oxygen atoms in total. The third kappa shape index (κ3) is 3.91. The van der Waals surface area contributed by atoms with Crippen LogP contribution in [0, 0.1) is 27.7 Å². The maximum absolute atomic E-state index is 13.6. The van der Waals surface area contributed by atoms with Gasteiger partial charge in [-0.2, -0.15) is 0 Å². The fraction of sp³-hybridized carbons (Fsp3) is 0.259. The number of hydrogen-bond donors (Lipinski definition) is 1. The zero-order valence-corrected chi connectivity index (χ0v) is 20.3. The summed E-state index contributed by atoms with van der Waals surface area (Å²) in [7, 11) is 0. The van der Waals surface area contributed by atoms with Crippen LogP contribution in [0.2, 0.25) is 0 Å². The second-order valence-corrected chi connectivity index (χ2v) is 9.68. The normalized spacial score (nSPS) is 17.6. The molecule has 1 aliphatic rings. The number of halogens is 1. The molecule has 32 heavy (non-hydrogen) atoms. The Morgan fingerprint density at radius 1 is 0.938 bits per heavy atom. The molecule has 4 rings (SSSR count). The molecular weight excluding hydrogens is 466 g/mol. The first kappa shape index (κ1) is 22.4. The Labute approximate surface area is 197 Å². The SMILES string of the molecule is Cc1ccc(CN2C(=O)C(O)(CC(=O)c3cc(C)ccc3C)c3cc(Br)ccc32)c(C)c1. The summed E-state index contributed by atoms with van der Waals surface area (Å²) in [6.07, 6.45) is -0.303. The van der Waals surface area contributed by atoms with E-state index in [0.29, 0.717) is 23.4 Å². The first-order valence-corrected chi connectivity index (χ1v) is 11.4. The Kier molecular flexibility index (Phi) is 5.82. The maximum atomic E-state index is 13.6. The van der Waals surface area contributed by atoms with E-state index in [1.54, 1.807) is 11.0 Å². The minimum atomic E-state index is -1.91. The first-order chi connectivity index (χ1) is 15.1. The van der Waals surface area contributed by atoms with Gasteiger partial charge in [-0.15, -0.1) is 0 Å². The van der Waals surface area contributed by atoms with Crippen molar-refractivity contribution in [2.75, 3.05) is 4.90 Å². The molecule has 0 aliphatic carbocycles. The summed E-state index contributed by atoms with van der Waals surface area (Å²) in [6, 6.07) is 17.2. The highest BCUT2D eigenvalue weighted by molar-refractivity contribution is 9.10. The van der Waals surface area contributed by atoms with Crippen LogP contribution in [0.4, 0.5) is 5.69 Å². The van der Waals surface area contributed by atoms with Gasteiger partial charge in [0.05, 0.1) is 18.7 Å². The van der Waals surface area contributed by atoms with Gasteiger partial charge in [-0.3, -0.25) is 9.59 Å². The van der Waals surface area contributed by atoms with Crippen LogP contribution < -0.4 is 4.90 Å². The highest BCUT2D eigenvalue weighted by atomic mass is 79.9. The molecule has 0 aromatic heterocycles. The molecule has 0 saturated heterocycles. The molecule has 1 atom stereocenters. The fourth-order valence-electron chi connectivity index (χ4n) is 4.41. The lowest BCUT2D eigenvalue weighted by Crippen LogP contribution is -2.41. The number of nitrogens with zero attached hydrogens (tertiary/aromatic N) is 1. The Balaban J connectivity index is 1.74. The lowest BCUT2D eigenvalue weighted by Gasteiger charge is -2.24. The average Bonchev–Trinajstić information content (AvgIpc) is 2.93. The van der Waals surface area contributed by atoms with Gasteiger partial charge in [0.15, 0.2) is 11.4 Å². The Hall–Kier alpha value is -2.76. The van der Waals surface area contributed by atoms with E-state index in [2.05, 4.69) is 22.0 Å². The van der Waals surface area contributed by atoms with Crippen molar-refractivity contribution < 1.29 is 14.7 Å². The van der Waals surface area contributed by atoms with Gasteiger partial charge in [-0.05, 0) is 68.7 Å². The molecule has 3 aromatic rings. The van der Waals surface area contributed by atoms with Crippen LogP contribution in [-0.2, 0) is 16.9 Å². The molecule has 1 unspecified atom stereocenters. The largest absolute Gasteiger partial charge is 0.375 e. The number of ketones is 1. The van der Waals surface area contributed by atoms with E-state index in [9.17, 15) is 14.7 Å². The van der Waals surface area contributed by atoms with Gasteiger partial charge in [0, 0.05) is 15.6 Å². The lowest BCUT2D eigenvalue weighted by atomic mass is 9.87. The van der Waals surface area contributed by atoms with Crippen LogP contribution in [0.5, 0.6) is 0 Å². The van der Waals surface area contributed by atoms with Crippen molar-refractivity contribution in [3.05, 3.63) is 98.0 Å². The molecule has 0 bridgehead atoms. The number of amides is 1. The second-order valence-electron chi connectivity index (χ2n) is 8.76. The van der Waals surface area contributed by atoms with E-state index in [0.717, 1.165) is 32.3 Å². The number of benzene rings is 3. The first-order valence-electron chi connectivity index (χ1n) is 10.6. The standard InChI is InChI=1S/C27H26BrNO3/c1-16-6-8-20(19(4)11-16)15-29-24-10-9-21(28)13-23(24)27(32,26(29)31)14-25(30)22-12-17(2)5-7-18(22)3/h5-13,32H,14-15H2,1-4H3. The Morgan fingerprint density at radius 2 is 1.62 bits per heavy atom. The zero-order valence-electron chi connectivity index (χ0n) is 18.7. The monoisotopic (exact) mass is 491 g/mol. The van der Waals surface area contributed by atoms with E-state index in [1.807, 2.05) is 70.2 Å². The number of hydrogen-bond acceptors (Lipinski definition) is 3. The van der Waals surface area contributed by atoms with E-state index in [1.165, 1.54) is 0 Å². The van der Waals surface area contributed by atoms with Crippen molar-refractivity contribution in [2.45, 2.75) is 46.3 Å². The molecule has 3 aromatic carbocycles. The summed E-state index contributed by atoms with van der Waals surface area (Å²) in [4.78, 5) is 28.4. The molecule has 164 valence electrons. The van der Waals surface area contributed by atoms with Crippen LogP contribution in [0.1, 0.15) is 50.2 Å². The van der Waals surface area contributed by atoms with Crippen LogP contribution in [0.25, 0.3) is 0 Å². The lowest BCUT2D eigenvalue weighted by molar-refractivity contribution is -0.136. The zero-order chi connectivity index (χ0) is 23.2. The van der Waals surface area contributed by atoms with Crippen LogP contribution in [0.15, 0.2) is 59.1 Å². The number of Topliss-reactive ketones (excluding diaryl/α,β-unsaturated/α-hetero) is 1. The van der Waals surface area contributed by atoms with Crippen molar-refractivity contribution in [3.63, 3.8) is 0 Å². The van der Waals surface area contributed by atoms with Crippen LogP contribution in [-0.4, -0.2) is 16.8 Å². The molecule has 5 heteroatoms. The molecule has 1 amide bonds. The third-order valence-corrected chi connectivity index (χ3v) is 6.72. The van der Waals surface area contributed by atoms with E-state index >= 15 is 0 Å². The van der Waals surface area contributed by atoms with Gasteiger partial charge < -0.3 is 10.0 Å². The predicted octanol–water partition coefficient (Wildman–Crippen LogP) is 5.69. The van der Waals surface area contributed by atoms with Crippen molar-refractivity contribution >= 4 is 33.3 Å². The molecule has 0 fully saturated rings. The summed E-state index contributed by atoms with van der Waals surface area (Å²) in [6.45, 7) is 8.16. The summed E-state index contributed by atoms with van der Waals surface area (Å²) < 4.78 is 0.745. The van der Waals surface area contributed by atoms with Gasteiger partial charge >= 0.3 is 0 Å². The van der Waals surface area contributed by atoms with Crippen molar-refractivity contribution in [3.8, 4) is 0 Å². The molecule has 0 saturated carbocycles. The summed E-state index contributed by atoms with van der Waals surface area (Å²) in [5.74, 6) is -0.717. The predicted molar refractivity (Wildman–Crippen MR) is 130 cm³/mol. The third-order valence-electron chi connectivity index (χ3n) is 6.23. The Bertz CT molecular complexity index is 1250. The summed E-state index contributed by atoms with van der Waals surface area (Å²) >= 11 is 3.45. The molecule has 0 spiro atoms. The fourth-order valence-corrected chi connectivity index (χ4v) is 4.77.